The molecule has 1 saturated heterocycles. The number of nitrogens with zero attached hydrogens (tertiary/aromatic N) is 5. The number of benzene rings is 1. The van der Waals surface area contributed by atoms with Gasteiger partial charge < -0.3 is 10.2 Å². The number of halogens is 4. The molecule has 0 radical (unpaired) electrons. The van der Waals surface area contributed by atoms with Gasteiger partial charge in [0.1, 0.15) is 5.82 Å². The van der Waals surface area contributed by atoms with Crippen molar-refractivity contribution in [2.45, 2.75) is 38.9 Å². The lowest BCUT2D eigenvalue weighted by Gasteiger charge is -2.40. The molecule has 3 aromatic rings. The van der Waals surface area contributed by atoms with Crippen molar-refractivity contribution < 1.29 is 22.4 Å². The third kappa shape index (κ3) is 5.39. The molecule has 4 rings (SSSR count). The van der Waals surface area contributed by atoms with Crippen LogP contribution in [0, 0.1) is 18.7 Å². The largest absolute Gasteiger partial charge is 0.419 e. The van der Waals surface area contributed by atoms with Gasteiger partial charge in [-0.15, -0.1) is 0 Å². The number of alkyl halides is 3. The van der Waals surface area contributed by atoms with E-state index >= 15 is 4.39 Å². The molecule has 3 heterocycles. The van der Waals surface area contributed by atoms with Crippen LogP contribution in [0.3, 0.4) is 0 Å². The van der Waals surface area contributed by atoms with E-state index in [1.54, 1.807) is 24.0 Å². The lowest BCUT2D eigenvalue weighted by Crippen LogP contribution is -2.51. The van der Waals surface area contributed by atoms with Crippen LogP contribution >= 0.6 is 0 Å². The van der Waals surface area contributed by atoms with E-state index in [1.165, 1.54) is 18.5 Å². The molecule has 0 aliphatic carbocycles. The Bertz CT molecular complexity index is 1190. The molecule has 1 amide bonds. The summed E-state index contributed by atoms with van der Waals surface area (Å²) < 4.78 is 53.5. The average molecular weight is 488 g/mol. The van der Waals surface area contributed by atoms with Crippen molar-refractivity contribution in [1.29, 1.82) is 0 Å². The van der Waals surface area contributed by atoms with E-state index in [2.05, 4.69) is 25.3 Å². The van der Waals surface area contributed by atoms with Gasteiger partial charge in [-0.05, 0) is 49.4 Å². The van der Waals surface area contributed by atoms with Crippen LogP contribution in [0.5, 0.6) is 0 Å². The Morgan fingerprint density at radius 3 is 2.49 bits per heavy atom. The van der Waals surface area contributed by atoms with Crippen molar-refractivity contribution in [3.8, 4) is 11.4 Å². The van der Waals surface area contributed by atoms with Gasteiger partial charge in [-0.1, -0.05) is 6.92 Å². The summed E-state index contributed by atoms with van der Waals surface area (Å²) in [5.41, 5.74) is -0.113. The highest BCUT2D eigenvalue weighted by molar-refractivity contribution is 6.00. The van der Waals surface area contributed by atoms with Crippen LogP contribution in [-0.2, 0) is 6.18 Å². The molecule has 184 valence electrons. The van der Waals surface area contributed by atoms with Gasteiger partial charge >= 0.3 is 6.18 Å². The number of likely N-dealkylation sites (tertiary alicyclic amines) is 1. The van der Waals surface area contributed by atoms with E-state index < -0.39 is 23.5 Å². The van der Waals surface area contributed by atoms with Crippen molar-refractivity contribution in [2.75, 3.05) is 18.4 Å². The van der Waals surface area contributed by atoms with E-state index in [-0.39, 0.29) is 35.8 Å². The van der Waals surface area contributed by atoms with E-state index in [4.69, 9.17) is 0 Å². The molecule has 11 heteroatoms. The van der Waals surface area contributed by atoms with Gasteiger partial charge in [0.15, 0.2) is 5.82 Å². The first-order valence-corrected chi connectivity index (χ1v) is 11.2. The Kier molecular flexibility index (Phi) is 6.95. The number of carbonyl (C=O) groups excluding carboxylic acids is 1. The maximum absolute atomic E-state index is 15.2. The van der Waals surface area contributed by atoms with Gasteiger partial charge in [0.05, 0.1) is 17.2 Å². The topological polar surface area (TPSA) is 83.9 Å². The molecule has 0 unspecified atom stereocenters. The van der Waals surface area contributed by atoms with Crippen molar-refractivity contribution in [1.82, 2.24) is 24.8 Å². The molecule has 1 aromatic carbocycles. The summed E-state index contributed by atoms with van der Waals surface area (Å²) >= 11 is 0. The normalized spacial score (nSPS) is 18.4. The van der Waals surface area contributed by atoms with Gasteiger partial charge in [-0.25, -0.2) is 24.3 Å². The summed E-state index contributed by atoms with van der Waals surface area (Å²) in [7, 11) is 0. The van der Waals surface area contributed by atoms with Crippen LogP contribution in [0.25, 0.3) is 11.4 Å². The molecule has 7 nitrogen and oxygen atoms in total. The summed E-state index contributed by atoms with van der Waals surface area (Å²) in [6.45, 7) is 4.31. The first-order chi connectivity index (χ1) is 16.6. The summed E-state index contributed by atoms with van der Waals surface area (Å²) in [6.07, 6.45) is 1.51. The number of amides is 1. The van der Waals surface area contributed by atoms with Gasteiger partial charge in [0.2, 0.25) is 5.95 Å². The zero-order chi connectivity index (χ0) is 25.2. The molecule has 35 heavy (non-hydrogen) atoms. The van der Waals surface area contributed by atoms with Crippen LogP contribution in [-0.4, -0.2) is 49.9 Å². The predicted octanol–water partition coefficient (Wildman–Crippen LogP) is 4.75. The van der Waals surface area contributed by atoms with Crippen molar-refractivity contribution in [3.63, 3.8) is 0 Å². The van der Waals surface area contributed by atoms with Gasteiger partial charge in [0.25, 0.3) is 5.91 Å². The van der Waals surface area contributed by atoms with Gasteiger partial charge in [-0.3, -0.25) is 4.79 Å². The fraction of sp³-hybridized carbons (Fsp3) is 0.375. The molecule has 0 saturated carbocycles. The number of aryl methyl sites for hydroxylation is 1. The second-order valence-corrected chi connectivity index (χ2v) is 8.60. The number of hydrogen-bond acceptors (Lipinski definition) is 6. The first kappa shape index (κ1) is 24.5. The third-order valence-electron chi connectivity index (χ3n) is 6.08. The van der Waals surface area contributed by atoms with E-state index in [1.807, 2.05) is 6.92 Å². The minimum atomic E-state index is -4.53. The van der Waals surface area contributed by atoms with Gasteiger partial charge in [0, 0.05) is 43.4 Å². The highest BCUT2D eigenvalue weighted by Crippen LogP contribution is 2.31. The number of piperidine rings is 1. The Morgan fingerprint density at radius 1 is 1.14 bits per heavy atom. The number of hydrogen-bond donors (Lipinski definition) is 1. The fourth-order valence-electron chi connectivity index (χ4n) is 4.29. The fourth-order valence-corrected chi connectivity index (χ4v) is 4.29. The quantitative estimate of drug-likeness (QED) is 0.522. The Balaban J connectivity index is 1.60. The second-order valence-electron chi connectivity index (χ2n) is 8.60. The molecule has 2 atom stereocenters. The molecule has 1 aliphatic heterocycles. The van der Waals surface area contributed by atoms with Crippen LogP contribution in [0.2, 0.25) is 0 Å². The number of anilines is 1. The van der Waals surface area contributed by atoms with E-state index in [9.17, 15) is 18.0 Å². The molecule has 1 fully saturated rings. The lowest BCUT2D eigenvalue weighted by atomic mass is 9.89. The maximum Gasteiger partial charge on any atom is 0.419 e. The Hall–Kier alpha value is -3.63. The average Bonchev–Trinajstić information content (AvgIpc) is 2.82. The highest BCUT2D eigenvalue weighted by Gasteiger charge is 2.35. The number of carbonyl (C=O) groups is 1. The minimum Gasteiger partial charge on any atom is -0.352 e. The lowest BCUT2D eigenvalue weighted by molar-refractivity contribution is -0.138. The van der Waals surface area contributed by atoms with Crippen molar-refractivity contribution in [3.05, 3.63) is 65.5 Å². The molecular weight excluding hydrogens is 464 g/mol. The molecule has 0 bridgehead atoms. The molecule has 1 N–H and O–H groups in total. The summed E-state index contributed by atoms with van der Waals surface area (Å²) in [5, 5.41) is 2.93. The molecule has 2 aromatic heterocycles. The molecule has 1 aliphatic rings. The smallest absolute Gasteiger partial charge is 0.352 e. The second kappa shape index (κ2) is 9.93. The van der Waals surface area contributed by atoms with Crippen LogP contribution < -0.4 is 5.32 Å². The monoisotopic (exact) mass is 488 g/mol. The van der Waals surface area contributed by atoms with Crippen molar-refractivity contribution in [2.24, 2.45) is 5.92 Å². The highest BCUT2D eigenvalue weighted by atomic mass is 19.4. The molecular formula is C24H24F4N6O. The van der Waals surface area contributed by atoms with Crippen LogP contribution in [0.4, 0.5) is 23.5 Å². The zero-order valence-corrected chi connectivity index (χ0v) is 19.2. The van der Waals surface area contributed by atoms with E-state index in [0.717, 1.165) is 12.8 Å². The molecule has 0 spiro atoms. The van der Waals surface area contributed by atoms with E-state index in [0.29, 0.717) is 30.1 Å². The summed E-state index contributed by atoms with van der Waals surface area (Å²) in [6, 6.07) is 4.26. The minimum absolute atomic E-state index is 0.0167. The van der Waals surface area contributed by atoms with Crippen LogP contribution in [0.1, 0.15) is 41.3 Å². The number of nitrogens with one attached hydrogen (secondary N) is 1. The number of rotatable bonds is 5. The number of aromatic nitrogens is 4. The van der Waals surface area contributed by atoms with Crippen LogP contribution in [0.15, 0.2) is 43.0 Å². The van der Waals surface area contributed by atoms with Crippen molar-refractivity contribution >= 4 is 11.9 Å². The predicted molar refractivity (Wildman–Crippen MR) is 121 cm³/mol. The van der Waals surface area contributed by atoms with Gasteiger partial charge in [-0.2, -0.15) is 13.2 Å². The zero-order valence-electron chi connectivity index (χ0n) is 19.2. The summed E-state index contributed by atoms with van der Waals surface area (Å²) in [5.74, 6) is -0.830. The summed E-state index contributed by atoms with van der Waals surface area (Å²) in [4.78, 5) is 31.2. The Labute approximate surface area is 199 Å². The first-order valence-electron chi connectivity index (χ1n) is 11.2. The Morgan fingerprint density at radius 2 is 1.83 bits per heavy atom. The SMILES string of the molecule is Cc1cc(F)c(C(=O)N2CCC[C@@H](C)[C@H]2CNc2ncc(C(F)(F)F)cn2)c(-c2ncccn2)c1. The third-order valence-corrected chi connectivity index (χ3v) is 6.08. The maximum atomic E-state index is 15.2. The standard InChI is InChI=1S/C24H24F4N6O/c1-14-9-17(21-29-6-4-7-30-21)20(18(25)10-14)22(35)34-8-3-5-15(2)19(34)13-33-23-31-11-16(12-32-23)24(26,27)28/h4,6-7,9-12,15,19H,3,5,8,13H2,1-2H3,(H,31,32,33)/t15-,19-/m1/s1.